The van der Waals surface area contributed by atoms with Crippen molar-refractivity contribution in [2.75, 3.05) is 20.2 Å². The number of hydrogen-bond donors (Lipinski definition) is 0. The second-order valence-electron chi connectivity index (χ2n) is 4.23. The lowest BCUT2D eigenvalue weighted by Gasteiger charge is -2.22. The molecule has 1 aromatic rings. The number of ether oxygens (including phenoxy) is 1. The van der Waals surface area contributed by atoms with Crippen LogP contribution in [0.3, 0.4) is 0 Å². The van der Waals surface area contributed by atoms with Crippen LogP contribution in [0.5, 0.6) is 5.75 Å². The first kappa shape index (κ1) is 17.6. The Labute approximate surface area is 130 Å². The van der Waals surface area contributed by atoms with Crippen LogP contribution in [0.25, 0.3) is 0 Å². The highest BCUT2D eigenvalue weighted by molar-refractivity contribution is 7.89. The Balaban J connectivity index is 3.47. The van der Waals surface area contributed by atoms with Gasteiger partial charge in [-0.05, 0) is 18.6 Å². The van der Waals surface area contributed by atoms with E-state index in [4.69, 9.17) is 27.9 Å². The van der Waals surface area contributed by atoms with Crippen molar-refractivity contribution < 1.29 is 13.2 Å². The summed E-state index contributed by atoms with van der Waals surface area (Å²) < 4.78 is 32.0. The molecule has 0 atom stereocenters. The standard InChI is InChI=1S/C13H19Cl2NO3S/c1-4-6-16(5-2)20(17,18)12-8-11(15)7-10(9-14)13(12)19-3/h7-8H,4-6,9H2,1-3H3. The molecule has 1 rings (SSSR count). The van der Waals surface area contributed by atoms with Crippen LogP contribution >= 0.6 is 23.2 Å². The Bertz CT molecular complexity index is 561. The zero-order valence-corrected chi connectivity index (χ0v) is 14.1. The zero-order valence-electron chi connectivity index (χ0n) is 11.8. The Hall–Kier alpha value is -0.490. The summed E-state index contributed by atoms with van der Waals surface area (Å²) in [6, 6.07) is 3.02. The van der Waals surface area contributed by atoms with E-state index < -0.39 is 10.0 Å². The number of benzene rings is 1. The Morgan fingerprint density at radius 2 is 1.95 bits per heavy atom. The third-order valence-electron chi connectivity index (χ3n) is 2.89. The normalized spacial score (nSPS) is 11.9. The highest BCUT2D eigenvalue weighted by atomic mass is 35.5. The largest absolute Gasteiger partial charge is 0.495 e. The molecule has 7 heteroatoms. The molecule has 0 bridgehead atoms. The van der Waals surface area contributed by atoms with Crippen LogP contribution in [0.15, 0.2) is 17.0 Å². The molecular formula is C13H19Cl2NO3S. The summed E-state index contributed by atoms with van der Waals surface area (Å²) in [5.74, 6) is 0.394. The smallest absolute Gasteiger partial charge is 0.246 e. The summed E-state index contributed by atoms with van der Waals surface area (Å²) in [4.78, 5) is 0.0680. The molecule has 0 fully saturated rings. The number of nitrogens with zero attached hydrogens (tertiary/aromatic N) is 1. The Morgan fingerprint density at radius 1 is 1.30 bits per heavy atom. The molecule has 20 heavy (non-hydrogen) atoms. The van der Waals surface area contributed by atoms with Crippen molar-refractivity contribution in [3.63, 3.8) is 0 Å². The number of methoxy groups -OCH3 is 1. The Kier molecular flexibility index (Phi) is 6.58. The molecule has 0 N–H and O–H groups in total. The van der Waals surface area contributed by atoms with Gasteiger partial charge in [0, 0.05) is 23.7 Å². The van der Waals surface area contributed by atoms with Crippen molar-refractivity contribution >= 4 is 33.2 Å². The van der Waals surface area contributed by atoms with E-state index in [1.165, 1.54) is 17.5 Å². The van der Waals surface area contributed by atoms with Crippen LogP contribution in [0.2, 0.25) is 5.02 Å². The third kappa shape index (κ3) is 3.58. The van der Waals surface area contributed by atoms with Crippen molar-refractivity contribution in [3.05, 3.63) is 22.7 Å². The van der Waals surface area contributed by atoms with Crippen LogP contribution in [0.4, 0.5) is 0 Å². The van der Waals surface area contributed by atoms with Gasteiger partial charge in [0.25, 0.3) is 0 Å². The summed E-state index contributed by atoms with van der Waals surface area (Å²) >= 11 is 11.8. The lowest BCUT2D eigenvalue weighted by molar-refractivity contribution is 0.389. The molecule has 4 nitrogen and oxygen atoms in total. The van der Waals surface area contributed by atoms with E-state index in [2.05, 4.69) is 0 Å². The first-order valence-corrected chi connectivity index (χ1v) is 8.70. The van der Waals surface area contributed by atoms with Crippen LogP contribution in [0, 0.1) is 0 Å². The summed E-state index contributed by atoms with van der Waals surface area (Å²) in [5, 5.41) is 0.326. The topological polar surface area (TPSA) is 46.6 Å². The van der Waals surface area contributed by atoms with Crippen LogP contribution in [0.1, 0.15) is 25.8 Å². The van der Waals surface area contributed by atoms with E-state index in [-0.39, 0.29) is 16.5 Å². The maximum Gasteiger partial charge on any atom is 0.246 e. The SMILES string of the molecule is CCCN(CC)S(=O)(=O)c1cc(Cl)cc(CCl)c1OC. The average molecular weight is 340 g/mol. The summed E-state index contributed by atoms with van der Waals surface area (Å²) in [6.07, 6.45) is 0.734. The van der Waals surface area contributed by atoms with Crippen molar-refractivity contribution in [2.45, 2.75) is 31.0 Å². The minimum atomic E-state index is -3.65. The van der Waals surface area contributed by atoms with Gasteiger partial charge in [-0.2, -0.15) is 4.31 Å². The minimum absolute atomic E-state index is 0.0680. The second kappa shape index (κ2) is 7.50. The van der Waals surface area contributed by atoms with Gasteiger partial charge in [-0.25, -0.2) is 8.42 Å². The van der Waals surface area contributed by atoms with Gasteiger partial charge in [0.05, 0.1) is 13.0 Å². The molecule has 0 spiro atoms. The van der Waals surface area contributed by atoms with E-state index in [0.29, 0.717) is 23.7 Å². The van der Waals surface area contributed by atoms with Gasteiger partial charge < -0.3 is 4.74 Å². The molecule has 0 aliphatic heterocycles. The number of hydrogen-bond acceptors (Lipinski definition) is 3. The van der Waals surface area contributed by atoms with Gasteiger partial charge in [-0.3, -0.25) is 0 Å². The molecule has 0 unspecified atom stereocenters. The van der Waals surface area contributed by atoms with Gasteiger partial charge >= 0.3 is 0 Å². The summed E-state index contributed by atoms with van der Waals surface area (Å²) in [5.41, 5.74) is 0.563. The first-order chi connectivity index (χ1) is 9.42. The summed E-state index contributed by atoms with van der Waals surface area (Å²) in [6.45, 7) is 4.57. The maximum atomic E-state index is 12.7. The van der Waals surface area contributed by atoms with Gasteiger partial charge in [0.1, 0.15) is 10.6 Å². The number of sulfonamides is 1. The van der Waals surface area contributed by atoms with E-state index in [1.54, 1.807) is 13.0 Å². The molecule has 0 saturated carbocycles. The first-order valence-electron chi connectivity index (χ1n) is 6.34. The molecule has 0 aliphatic rings. The van der Waals surface area contributed by atoms with Gasteiger partial charge in [0.2, 0.25) is 10.0 Å². The molecule has 0 amide bonds. The molecular weight excluding hydrogens is 321 g/mol. The van der Waals surface area contributed by atoms with Crippen molar-refractivity contribution in [2.24, 2.45) is 0 Å². The maximum absolute atomic E-state index is 12.7. The van der Waals surface area contributed by atoms with Crippen LogP contribution < -0.4 is 4.74 Å². The highest BCUT2D eigenvalue weighted by Crippen LogP contribution is 2.34. The Morgan fingerprint density at radius 3 is 2.40 bits per heavy atom. The van der Waals surface area contributed by atoms with E-state index >= 15 is 0 Å². The lowest BCUT2D eigenvalue weighted by atomic mass is 10.2. The van der Waals surface area contributed by atoms with Gasteiger partial charge in [-0.15, -0.1) is 11.6 Å². The van der Waals surface area contributed by atoms with Crippen LogP contribution in [-0.4, -0.2) is 32.9 Å². The van der Waals surface area contributed by atoms with E-state index in [0.717, 1.165) is 6.42 Å². The third-order valence-corrected chi connectivity index (χ3v) is 5.37. The quantitative estimate of drug-likeness (QED) is 0.714. The number of alkyl halides is 1. The fraction of sp³-hybridized carbons (Fsp3) is 0.538. The predicted octanol–water partition coefficient (Wildman–Crippen LogP) is 3.51. The highest BCUT2D eigenvalue weighted by Gasteiger charge is 2.28. The summed E-state index contributed by atoms with van der Waals surface area (Å²) in [7, 11) is -2.22. The number of rotatable bonds is 7. The van der Waals surface area contributed by atoms with Crippen molar-refractivity contribution in [1.29, 1.82) is 0 Å². The van der Waals surface area contributed by atoms with Crippen LogP contribution in [-0.2, 0) is 15.9 Å². The second-order valence-corrected chi connectivity index (χ2v) is 6.84. The molecule has 114 valence electrons. The van der Waals surface area contributed by atoms with Crippen molar-refractivity contribution in [3.8, 4) is 5.75 Å². The monoisotopic (exact) mass is 339 g/mol. The van der Waals surface area contributed by atoms with Gasteiger partial charge in [-0.1, -0.05) is 25.4 Å². The van der Waals surface area contributed by atoms with E-state index in [1.807, 2.05) is 6.92 Å². The molecule has 0 aromatic heterocycles. The average Bonchev–Trinajstić information content (AvgIpc) is 2.43. The zero-order chi connectivity index (χ0) is 15.3. The minimum Gasteiger partial charge on any atom is -0.495 e. The number of halogens is 2. The fourth-order valence-corrected chi connectivity index (χ4v) is 4.25. The molecule has 0 saturated heterocycles. The molecule has 0 aliphatic carbocycles. The van der Waals surface area contributed by atoms with Crippen molar-refractivity contribution in [1.82, 2.24) is 4.31 Å². The van der Waals surface area contributed by atoms with E-state index in [9.17, 15) is 8.42 Å². The molecule has 0 heterocycles. The molecule has 1 aromatic carbocycles. The predicted molar refractivity (Wildman–Crippen MR) is 82.3 cm³/mol. The molecule has 0 radical (unpaired) electrons. The fourth-order valence-electron chi connectivity index (χ4n) is 1.98. The lowest BCUT2D eigenvalue weighted by Crippen LogP contribution is -2.32. The van der Waals surface area contributed by atoms with Gasteiger partial charge in [0.15, 0.2) is 0 Å².